The zero-order valence-corrected chi connectivity index (χ0v) is 14.7. The molecular weight excluding hydrogens is 361 g/mol. The second-order valence-corrected chi connectivity index (χ2v) is 6.02. The fourth-order valence-corrected chi connectivity index (χ4v) is 2.62. The Morgan fingerprint density at radius 3 is 2.68 bits per heavy atom. The summed E-state index contributed by atoms with van der Waals surface area (Å²) in [4.78, 5) is 12.2. The van der Waals surface area contributed by atoms with Crippen LogP contribution in [-0.4, -0.2) is 20.1 Å². The SMILES string of the molecule is Nc1ncccc1-c1cc(Cc2ccc(OCc3ncccc3F)nc2)no1. The molecule has 0 aliphatic rings. The van der Waals surface area contributed by atoms with E-state index in [1.54, 1.807) is 24.5 Å². The van der Waals surface area contributed by atoms with Gasteiger partial charge in [-0.2, -0.15) is 0 Å². The maximum Gasteiger partial charge on any atom is 0.213 e. The number of hydrogen-bond donors (Lipinski definition) is 1. The summed E-state index contributed by atoms with van der Waals surface area (Å²) < 4.78 is 24.4. The summed E-state index contributed by atoms with van der Waals surface area (Å²) in [5, 5.41) is 4.07. The van der Waals surface area contributed by atoms with Crippen molar-refractivity contribution in [2.75, 3.05) is 5.73 Å². The van der Waals surface area contributed by atoms with Crippen molar-refractivity contribution in [2.24, 2.45) is 0 Å². The van der Waals surface area contributed by atoms with Gasteiger partial charge in [0.25, 0.3) is 0 Å². The van der Waals surface area contributed by atoms with Crippen LogP contribution in [0.1, 0.15) is 17.0 Å². The predicted molar refractivity (Wildman–Crippen MR) is 99.7 cm³/mol. The molecule has 2 N–H and O–H groups in total. The van der Waals surface area contributed by atoms with Gasteiger partial charge >= 0.3 is 0 Å². The van der Waals surface area contributed by atoms with E-state index in [9.17, 15) is 4.39 Å². The van der Waals surface area contributed by atoms with Crippen molar-refractivity contribution < 1.29 is 13.7 Å². The van der Waals surface area contributed by atoms with Gasteiger partial charge in [0.05, 0.1) is 11.3 Å². The molecule has 0 amide bonds. The Balaban J connectivity index is 1.40. The van der Waals surface area contributed by atoms with Gasteiger partial charge in [-0.3, -0.25) is 4.98 Å². The largest absolute Gasteiger partial charge is 0.471 e. The third-order valence-electron chi connectivity index (χ3n) is 4.04. The molecule has 8 heteroatoms. The Bertz CT molecular complexity index is 1080. The lowest BCUT2D eigenvalue weighted by molar-refractivity contribution is 0.282. The number of halogens is 1. The monoisotopic (exact) mass is 377 g/mol. The van der Waals surface area contributed by atoms with E-state index in [0.29, 0.717) is 29.4 Å². The van der Waals surface area contributed by atoms with Crippen molar-refractivity contribution in [2.45, 2.75) is 13.0 Å². The standard InChI is InChI=1S/C20H16FN5O2/c21-16-4-2-7-23-17(16)12-27-19-6-5-13(11-25-19)9-14-10-18(28-26-14)15-3-1-8-24-20(15)22/h1-8,10-11H,9,12H2,(H2,22,24). The first-order valence-electron chi connectivity index (χ1n) is 8.52. The maximum atomic E-state index is 13.6. The smallest absolute Gasteiger partial charge is 0.213 e. The summed E-state index contributed by atoms with van der Waals surface area (Å²) in [5.41, 5.74) is 8.46. The van der Waals surface area contributed by atoms with Crippen molar-refractivity contribution in [3.05, 3.63) is 83.8 Å². The Hall–Kier alpha value is -3.81. The molecule has 0 aromatic carbocycles. The van der Waals surface area contributed by atoms with Crippen LogP contribution in [-0.2, 0) is 13.0 Å². The fraction of sp³-hybridized carbons (Fsp3) is 0.100. The molecule has 0 aliphatic heterocycles. The van der Waals surface area contributed by atoms with E-state index in [-0.39, 0.29) is 12.3 Å². The molecule has 140 valence electrons. The quantitative estimate of drug-likeness (QED) is 0.549. The number of ether oxygens (including phenoxy) is 1. The predicted octanol–water partition coefficient (Wildman–Crippen LogP) is 3.42. The van der Waals surface area contributed by atoms with Crippen LogP contribution in [0.15, 0.2) is 65.6 Å². The molecule has 28 heavy (non-hydrogen) atoms. The lowest BCUT2D eigenvalue weighted by Crippen LogP contribution is -2.02. The summed E-state index contributed by atoms with van der Waals surface area (Å²) in [6, 6.07) is 11.9. The van der Waals surface area contributed by atoms with E-state index in [1.165, 1.54) is 18.3 Å². The van der Waals surface area contributed by atoms with Crippen LogP contribution in [0.25, 0.3) is 11.3 Å². The molecule has 0 aliphatic carbocycles. The number of pyridine rings is 3. The highest BCUT2D eigenvalue weighted by atomic mass is 19.1. The summed E-state index contributed by atoms with van der Waals surface area (Å²) in [7, 11) is 0. The molecule has 0 atom stereocenters. The number of nitrogens with two attached hydrogens (primary N) is 1. The number of aromatic nitrogens is 4. The van der Waals surface area contributed by atoms with Crippen molar-refractivity contribution in [3.8, 4) is 17.2 Å². The van der Waals surface area contributed by atoms with E-state index in [1.807, 2.05) is 18.2 Å². The van der Waals surface area contributed by atoms with Crippen LogP contribution >= 0.6 is 0 Å². The highest BCUT2D eigenvalue weighted by molar-refractivity contribution is 5.69. The second-order valence-electron chi connectivity index (χ2n) is 6.02. The lowest BCUT2D eigenvalue weighted by atomic mass is 10.1. The first-order chi connectivity index (χ1) is 13.7. The van der Waals surface area contributed by atoms with Gasteiger partial charge in [0.2, 0.25) is 5.88 Å². The number of nitrogen functional groups attached to an aromatic ring is 1. The first kappa shape index (κ1) is 17.6. The molecule has 4 aromatic heterocycles. The maximum absolute atomic E-state index is 13.6. The summed E-state index contributed by atoms with van der Waals surface area (Å²) in [6.07, 6.45) is 5.35. The van der Waals surface area contributed by atoms with Crippen LogP contribution in [0.4, 0.5) is 10.2 Å². The van der Waals surface area contributed by atoms with E-state index < -0.39 is 5.82 Å². The van der Waals surface area contributed by atoms with E-state index in [2.05, 4.69) is 20.1 Å². The molecule has 0 saturated carbocycles. The van der Waals surface area contributed by atoms with Gasteiger partial charge in [-0.25, -0.2) is 14.4 Å². The minimum absolute atomic E-state index is 0.0121. The number of hydrogen-bond acceptors (Lipinski definition) is 7. The number of rotatable bonds is 6. The Kier molecular flexibility index (Phi) is 4.92. The molecule has 0 radical (unpaired) electrons. The van der Waals surface area contributed by atoms with Crippen molar-refractivity contribution in [1.29, 1.82) is 0 Å². The first-order valence-corrected chi connectivity index (χ1v) is 8.52. The average Bonchev–Trinajstić information content (AvgIpc) is 3.17. The number of anilines is 1. The highest BCUT2D eigenvalue weighted by Crippen LogP contribution is 2.25. The van der Waals surface area contributed by atoms with E-state index >= 15 is 0 Å². The second kappa shape index (κ2) is 7.83. The van der Waals surface area contributed by atoms with E-state index in [0.717, 1.165) is 11.3 Å². The molecule has 4 rings (SSSR count). The van der Waals surface area contributed by atoms with Crippen molar-refractivity contribution in [1.82, 2.24) is 20.1 Å². The van der Waals surface area contributed by atoms with Gasteiger partial charge in [-0.1, -0.05) is 11.2 Å². The molecule has 7 nitrogen and oxygen atoms in total. The molecule has 4 aromatic rings. The molecule has 0 unspecified atom stereocenters. The topological polar surface area (TPSA) is 100.0 Å². The van der Waals surface area contributed by atoms with Gasteiger partial charge in [-0.05, 0) is 29.8 Å². The van der Waals surface area contributed by atoms with E-state index in [4.69, 9.17) is 15.0 Å². The Morgan fingerprint density at radius 1 is 1.04 bits per heavy atom. The molecule has 0 bridgehead atoms. The van der Waals surface area contributed by atoms with Crippen LogP contribution in [0.3, 0.4) is 0 Å². The molecule has 0 spiro atoms. The van der Waals surface area contributed by atoms with Gasteiger partial charge in [-0.15, -0.1) is 0 Å². The third kappa shape index (κ3) is 3.96. The molecule has 0 saturated heterocycles. The third-order valence-corrected chi connectivity index (χ3v) is 4.04. The summed E-state index contributed by atoms with van der Waals surface area (Å²) in [5.74, 6) is 0.927. The lowest BCUT2D eigenvalue weighted by Gasteiger charge is -2.06. The summed E-state index contributed by atoms with van der Waals surface area (Å²) in [6.45, 7) is 0.0121. The van der Waals surface area contributed by atoms with Gasteiger partial charge < -0.3 is 15.0 Å². The Labute approximate surface area is 160 Å². The van der Waals surface area contributed by atoms with Crippen molar-refractivity contribution in [3.63, 3.8) is 0 Å². The molecular formula is C20H16FN5O2. The van der Waals surface area contributed by atoms with Crippen LogP contribution in [0, 0.1) is 5.82 Å². The number of nitrogens with zero attached hydrogens (tertiary/aromatic N) is 4. The van der Waals surface area contributed by atoms with Crippen molar-refractivity contribution >= 4 is 5.82 Å². The normalized spacial score (nSPS) is 10.8. The minimum atomic E-state index is -0.407. The molecule has 0 fully saturated rings. The van der Waals surface area contributed by atoms with Gasteiger partial charge in [0.15, 0.2) is 5.76 Å². The van der Waals surface area contributed by atoms with Crippen LogP contribution in [0.5, 0.6) is 5.88 Å². The van der Waals surface area contributed by atoms with Crippen LogP contribution in [0.2, 0.25) is 0 Å². The zero-order valence-electron chi connectivity index (χ0n) is 14.7. The van der Waals surface area contributed by atoms with Crippen LogP contribution < -0.4 is 10.5 Å². The zero-order chi connectivity index (χ0) is 19.3. The Morgan fingerprint density at radius 2 is 1.89 bits per heavy atom. The molecule has 4 heterocycles. The average molecular weight is 377 g/mol. The summed E-state index contributed by atoms with van der Waals surface area (Å²) >= 11 is 0. The highest BCUT2D eigenvalue weighted by Gasteiger charge is 2.11. The van der Waals surface area contributed by atoms with Gasteiger partial charge in [0, 0.05) is 37.1 Å². The fourth-order valence-electron chi connectivity index (χ4n) is 2.62. The van der Waals surface area contributed by atoms with Gasteiger partial charge in [0.1, 0.15) is 23.9 Å². The minimum Gasteiger partial charge on any atom is -0.471 e.